The van der Waals surface area contributed by atoms with Gasteiger partial charge in [-0.15, -0.1) is 15.3 Å². The molecule has 0 aliphatic heterocycles. The molecular weight excluding hydrogens is 393 g/mol. The number of nitrogens with zero attached hydrogens (tertiary/aromatic N) is 4. The summed E-state index contributed by atoms with van der Waals surface area (Å²) in [5.41, 5.74) is 0.437. The Labute approximate surface area is 164 Å². The lowest BCUT2D eigenvalue weighted by molar-refractivity contribution is -0.137. The normalized spacial score (nSPS) is 20.3. The fourth-order valence-electron chi connectivity index (χ4n) is 3.45. The molecule has 2 N–H and O–H groups in total. The van der Waals surface area contributed by atoms with Gasteiger partial charge in [0.25, 0.3) is 0 Å². The van der Waals surface area contributed by atoms with E-state index in [0.717, 1.165) is 37.8 Å². The van der Waals surface area contributed by atoms with Crippen molar-refractivity contribution in [2.24, 2.45) is 0 Å². The highest BCUT2D eigenvalue weighted by Crippen LogP contribution is 2.31. The standard InChI is InChI=1S/C18H18ClF3N6/c19-17-26-25-16-9-8-15(27-28(16)17)24-13-6-4-12(5-7-13)23-14-3-1-2-11(10-14)18(20,21)22/h1-3,8-10,12-13,23H,4-7H2,(H,24,27). The van der Waals surface area contributed by atoms with E-state index in [1.165, 1.54) is 10.6 Å². The third-order valence-electron chi connectivity index (χ3n) is 4.86. The molecule has 0 saturated heterocycles. The fourth-order valence-corrected chi connectivity index (χ4v) is 3.61. The summed E-state index contributed by atoms with van der Waals surface area (Å²) in [5.74, 6) is 0.684. The highest BCUT2D eigenvalue weighted by atomic mass is 35.5. The van der Waals surface area contributed by atoms with Crippen molar-refractivity contribution in [3.8, 4) is 0 Å². The Morgan fingerprint density at radius 1 is 0.964 bits per heavy atom. The Kier molecular flexibility index (Phi) is 5.01. The van der Waals surface area contributed by atoms with Crippen LogP contribution in [0.4, 0.5) is 24.7 Å². The van der Waals surface area contributed by atoms with Crippen molar-refractivity contribution in [3.05, 3.63) is 47.2 Å². The summed E-state index contributed by atoms with van der Waals surface area (Å²) in [4.78, 5) is 0. The van der Waals surface area contributed by atoms with Crippen molar-refractivity contribution >= 4 is 28.8 Å². The monoisotopic (exact) mass is 410 g/mol. The molecule has 0 atom stereocenters. The third-order valence-corrected chi connectivity index (χ3v) is 5.10. The highest BCUT2D eigenvalue weighted by Gasteiger charge is 2.30. The first-order valence-electron chi connectivity index (χ1n) is 8.97. The van der Waals surface area contributed by atoms with Crippen molar-refractivity contribution in [2.75, 3.05) is 10.6 Å². The number of benzene rings is 1. The first-order chi connectivity index (χ1) is 13.4. The van der Waals surface area contributed by atoms with Gasteiger partial charge in [0, 0.05) is 17.8 Å². The van der Waals surface area contributed by atoms with Crippen LogP contribution in [0.3, 0.4) is 0 Å². The molecule has 4 rings (SSSR count). The lowest BCUT2D eigenvalue weighted by atomic mass is 9.91. The van der Waals surface area contributed by atoms with E-state index in [1.54, 1.807) is 12.1 Å². The number of hydrogen-bond acceptors (Lipinski definition) is 5. The first kappa shape index (κ1) is 18.8. The minimum Gasteiger partial charge on any atom is -0.382 e. The van der Waals surface area contributed by atoms with Gasteiger partial charge in [-0.05, 0) is 67.6 Å². The summed E-state index contributed by atoms with van der Waals surface area (Å²) >= 11 is 5.94. The number of rotatable bonds is 4. The highest BCUT2D eigenvalue weighted by molar-refractivity contribution is 6.28. The van der Waals surface area contributed by atoms with E-state index < -0.39 is 11.7 Å². The minimum atomic E-state index is -4.33. The fraction of sp³-hybridized carbons (Fsp3) is 0.389. The second kappa shape index (κ2) is 7.46. The van der Waals surface area contributed by atoms with Gasteiger partial charge in [0.15, 0.2) is 5.65 Å². The van der Waals surface area contributed by atoms with Gasteiger partial charge in [-0.3, -0.25) is 0 Å². The van der Waals surface area contributed by atoms with Crippen molar-refractivity contribution in [1.82, 2.24) is 19.8 Å². The SMILES string of the molecule is FC(F)(F)c1cccc(NC2CCC(Nc3ccc4nnc(Cl)n4n3)CC2)c1. The Balaban J connectivity index is 1.33. The Hall–Kier alpha value is -2.55. The minimum absolute atomic E-state index is 0.143. The van der Waals surface area contributed by atoms with Crippen molar-refractivity contribution < 1.29 is 13.2 Å². The molecule has 6 nitrogen and oxygen atoms in total. The van der Waals surface area contributed by atoms with Gasteiger partial charge in [0.2, 0.25) is 5.28 Å². The second-order valence-corrected chi connectivity index (χ2v) is 7.21. The molecule has 28 heavy (non-hydrogen) atoms. The van der Waals surface area contributed by atoms with Gasteiger partial charge in [0.05, 0.1) is 5.56 Å². The van der Waals surface area contributed by atoms with Crippen molar-refractivity contribution in [3.63, 3.8) is 0 Å². The maximum absolute atomic E-state index is 12.8. The van der Waals surface area contributed by atoms with Crippen LogP contribution in [0.15, 0.2) is 36.4 Å². The molecule has 3 aromatic rings. The van der Waals surface area contributed by atoms with Gasteiger partial charge in [-0.2, -0.15) is 17.7 Å². The molecule has 0 bridgehead atoms. The van der Waals surface area contributed by atoms with Gasteiger partial charge in [-0.25, -0.2) is 0 Å². The Morgan fingerprint density at radius 2 is 1.68 bits per heavy atom. The van der Waals surface area contributed by atoms with E-state index in [4.69, 9.17) is 11.6 Å². The van der Waals surface area contributed by atoms with E-state index in [0.29, 0.717) is 17.2 Å². The maximum atomic E-state index is 12.8. The number of hydrogen-bond donors (Lipinski definition) is 2. The first-order valence-corrected chi connectivity index (χ1v) is 9.34. The number of nitrogens with one attached hydrogen (secondary N) is 2. The molecule has 1 fully saturated rings. The molecule has 148 valence electrons. The molecular formula is C18H18ClF3N6. The zero-order valence-electron chi connectivity index (χ0n) is 14.7. The molecule has 0 unspecified atom stereocenters. The largest absolute Gasteiger partial charge is 0.416 e. The van der Waals surface area contributed by atoms with E-state index in [9.17, 15) is 13.2 Å². The van der Waals surface area contributed by atoms with Crippen LogP contribution < -0.4 is 10.6 Å². The predicted molar refractivity (Wildman–Crippen MR) is 101 cm³/mol. The van der Waals surface area contributed by atoms with Gasteiger partial charge in [-0.1, -0.05) is 6.07 Å². The third kappa shape index (κ3) is 4.14. The molecule has 1 aromatic carbocycles. The van der Waals surface area contributed by atoms with Crippen LogP contribution in [0.5, 0.6) is 0 Å². The molecule has 1 aliphatic rings. The van der Waals surface area contributed by atoms with Crippen LogP contribution in [-0.2, 0) is 6.18 Å². The van der Waals surface area contributed by atoms with Gasteiger partial charge < -0.3 is 10.6 Å². The number of anilines is 2. The predicted octanol–water partition coefficient (Wildman–Crippen LogP) is 4.63. The summed E-state index contributed by atoms with van der Waals surface area (Å²) < 4.78 is 40.0. The van der Waals surface area contributed by atoms with Crippen LogP contribution >= 0.6 is 11.6 Å². The van der Waals surface area contributed by atoms with Crippen LogP contribution in [0.1, 0.15) is 31.2 Å². The Morgan fingerprint density at radius 3 is 2.39 bits per heavy atom. The van der Waals surface area contributed by atoms with Crippen LogP contribution in [-0.4, -0.2) is 31.9 Å². The molecule has 1 aliphatic carbocycles. The van der Waals surface area contributed by atoms with Crippen molar-refractivity contribution in [1.29, 1.82) is 0 Å². The molecule has 0 spiro atoms. The second-order valence-electron chi connectivity index (χ2n) is 6.87. The lowest BCUT2D eigenvalue weighted by Gasteiger charge is -2.30. The van der Waals surface area contributed by atoms with Crippen LogP contribution in [0.25, 0.3) is 5.65 Å². The van der Waals surface area contributed by atoms with E-state index in [2.05, 4.69) is 25.9 Å². The molecule has 0 radical (unpaired) electrons. The topological polar surface area (TPSA) is 67.1 Å². The zero-order chi connectivity index (χ0) is 19.7. The Bertz CT molecular complexity index is 965. The summed E-state index contributed by atoms with van der Waals surface area (Å²) in [6.45, 7) is 0. The molecule has 1 saturated carbocycles. The molecule has 0 amide bonds. The lowest BCUT2D eigenvalue weighted by Crippen LogP contribution is -2.32. The smallest absolute Gasteiger partial charge is 0.382 e. The van der Waals surface area contributed by atoms with E-state index in [1.807, 2.05) is 6.07 Å². The average Bonchev–Trinajstić information content (AvgIpc) is 3.04. The van der Waals surface area contributed by atoms with Gasteiger partial charge in [0.1, 0.15) is 5.82 Å². The number of fused-ring (bicyclic) bond motifs is 1. The van der Waals surface area contributed by atoms with E-state index in [-0.39, 0.29) is 17.4 Å². The number of aromatic nitrogens is 4. The van der Waals surface area contributed by atoms with Crippen LogP contribution in [0, 0.1) is 0 Å². The quantitative estimate of drug-likeness (QED) is 0.656. The summed E-state index contributed by atoms with van der Waals surface area (Å²) in [6.07, 6.45) is -0.868. The van der Waals surface area contributed by atoms with E-state index >= 15 is 0 Å². The molecule has 2 aromatic heterocycles. The maximum Gasteiger partial charge on any atom is 0.416 e. The van der Waals surface area contributed by atoms with Crippen molar-refractivity contribution in [2.45, 2.75) is 43.9 Å². The molecule has 10 heteroatoms. The summed E-state index contributed by atoms with van der Waals surface area (Å²) in [5, 5.41) is 18.8. The average molecular weight is 411 g/mol. The summed E-state index contributed by atoms with van der Waals surface area (Å²) in [6, 6.07) is 9.33. The van der Waals surface area contributed by atoms with Gasteiger partial charge >= 0.3 is 6.18 Å². The molecule has 2 heterocycles. The zero-order valence-corrected chi connectivity index (χ0v) is 15.5. The number of halogens is 4. The summed E-state index contributed by atoms with van der Waals surface area (Å²) in [7, 11) is 0. The number of alkyl halides is 3. The van der Waals surface area contributed by atoms with Crippen LogP contribution in [0.2, 0.25) is 5.28 Å².